The number of carbonyl (C=O) groups excluding carboxylic acids is 1. The number of hydrogen-bond donors (Lipinski definition) is 2. The van der Waals surface area contributed by atoms with E-state index in [2.05, 4.69) is 5.32 Å². The summed E-state index contributed by atoms with van der Waals surface area (Å²) >= 11 is 0. The molecule has 1 aliphatic rings. The largest absolute Gasteiger partial charge is 0.482 e. The number of alkyl carbamates (subject to hydrolysis) is 1. The quantitative estimate of drug-likeness (QED) is 0.766. The third-order valence-corrected chi connectivity index (χ3v) is 4.51. The van der Waals surface area contributed by atoms with Gasteiger partial charge in [-0.25, -0.2) is 4.79 Å². The van der Waals surface area contributed by atoms with Crippen molar-refractivity contribution in [3.8, 4) is 0 Å². The first-order chi connectivity index (χ1) is 11.6. The maximum atomic E-state index is 12.1. The molecule has 0 aromatic heterocycles. The van der Waals surface area contributed by atoms with Crippen molar-refractivity contribution < 1.29 is 28.7 Å². The molecule has 2 N–H and O–H groups in total. The van der Waals surface area contributed by atoms with Gasteiger partial charge < -0.3 is 24.5 Å². The average molecular weight is 349 g/mol. The lowest BCUT2D eigenvalue weighted by molar-refractivity contribution is -0.137. The Labute approximate surface area is 147 Å². The third kappa shape index (κ3) is 4.96. The number of carboxylic acids is 1. The molecular weight excluding hydrogens is 325 g/mol. The molecule has 1 heterocycles. The zero-order chi connectivity index (χ0) is 18.7. The lowest BCUT2D eigenvalue weighted by Gasteiger charge is -2.32. The highest BCUT2D eigenvalue weighted by atomic mass is 16.7. The molecule has 1 atom stereocenters. The highest BCUT2D eigenvalue weighted by Crippen LogP contribution is 2.37. The molecule has 1 aromatic rings. The first-order valence-corrected chi connectivity index (χ1v) is 8.15. The summed E-state index contributed by atoms with van der Waals surface area (Å²) in [7, 11) is -0.870. The second kappa shape index (κ2) is 7.45. The number of ether oxygens (including phenoxy) is 1. The molecule has 0 bridgehead atoms. The third-order valence-electron chi connectivity index (χ3n) is 4.51. The van der Waals surface area contributed by atoms with Crippen LogP contribution in [0.25, 0.3) is 0 Å². The van der Waals surface area contributed by atoms with Crippen molar-refractivity contribution in [1.29, 1.82) is 0 Å². The van der Waals surface area contributed by atoms with E-state index in [-0.39, 0.29) is 13.0 Å². The van der Waals surface area contributed by atoms with E-state index in [0.29, 0.717) is 0 Å². The fraction of sp³-hybridized carbons (Fsp3) is 0.529. The van der Waals surface area contributed by atoms with Gasteiger partial charge in [-0.3, -0.25) is 4.79 Å². The molecule has 0 saturated carbocycles. The van der Waals surface area contributed by atoms with E-state index >= 15 is 0 Å². The molecule has 1 amide bonds. The number of carbonyl (C=O) groups is 2. The second-order valence-corrected chi connectivity index (χ2v) is 7.04. The molecule has 25 heavy (non-hydrogen) atoms. The Bertz CT molecular complexity index is 603. The van der Waals surface area contributed by atoms with Crippen molar-refractivity contribution in [3.63, 3.8) is 0 Å². The van der Waals surface area contributed by atoms with Gasteiger partial charge in [0.05, 0.1) is 23.6 Å². The predicted molar refractivity (Wildman–Crippen MR) is 91.9 cm³/mol. The van der Waals surface area contributed by atoms with Crippen molar-refractivity contribution in [2.45, 2.75) is 57.9 Å². The molecule has 0 spiro atoms. The first-order valence-electron chi connectivity index (χ1n) is 8.15. The van der Waals surface area contributed by atoms with Gasteiger partial charge in [-0.05, 0) is 33.3 Å². The van der Waals surface area contributed by atoms with Crippen molar-refractivity contribution >= 4 is 19.2 Å². The Kier molecular flexibility index (Phi) is 5.74. The summed E-state index contributed by atoms with van der Waals surface area (Å²) in [5.74, 6) is -1.93. The molecule has 2 rings (SSSR count). The number of amides is 1. The zero-order valence-electron chi connectivity index (χ0n) is 14.9. The lowest BCUT2D eigenvalue weighted by Crippen LogP contribution is -2.49. The van der Waals surface area contributed by atoms with Crippen molar-refractivity contribution in [2.75, 3.05) is 0 Å². The van der Waals surface area contributed by atoms with Crippen LogP contribution in [0.4, 0.5) is 4.79 Å². The van der Waals surface area contributed by atoms with Gasteiger partial charge >= 0.3 is 19.2 Å². The van der Waals surface area contributed by atoms with Crippen LogP contribution in [0.5, 0.6) is 0 Å². The standard InChI is InChI=1S/C17H24BNO6/c1-16(2)17(3,4)25-18(24-16)13(10-14(20)21)19-15(22)23-11-12-8-6-5-7-9-12/h5-9,13H,10-11H2,1-4H3,(H,19,22)(H,20,21). The fourth-order valence-electron chi connectivity index (χ4n) is 2.37. The minimum absolute atomic E-state index is 0.0931. The molecule has 0 aliphatic carbocycles. The van der Waals surface area contributed by atoms with E-state index in [1.807, 2.05) is 58.0 Å². The van der Waals surface area contributed by atoms with E-state index in [1.54, 1.807) is 0 Å². The van der Waals surface area contributed by atoms with Gasteiger partial charge in [0.2, 0.25) is 0 Å². The smallest absolute Gasteiger partial charge is 0.481 e. The first kappa shape index (κ1) is 19.3. The SMILES string of the molecule is CC1(C)OB(C(CC(=O)O)NC(=O)OCc2ccccc2)OC1(C)C. The van der Waals surface area contributed by atoms with Crippen LogP contribution in [-0.4, -0.2) is 41.4 Å². The van der Waals surface area contributed by atoms with Crippen LogP contribution in [0.3, 0.4) is 0 Å². The predicted octanol–water partition coefficient (Wildman–Crippen LogP) is 2.39. The minimum atomic E-state index is -1.07. The summed E-state index contributed by atoms with van der Waals surface area (Å²) in [5, 5.41) is 11.7. The monoisotopic (exact) mass is 349 g/mol. The number of aliphatic carboxylic acids is 1. The molecule has 0 radical (unpaired) electrons. The number of nitrogens with one attached hydrogen (secondary N) is 1. The molecular formula is C17H24BNO6. The van der Waals surface area contributed by atoms with E-state index in [4.69, 9.17) is 19.2 Å². The van der Waals surface area contributed by atoms with Crippen LogP contribution in [-0.2, 0) is 25.4 Å². The van der Waals surface area contributed by atoms with Gasteiger partial charge in [0, 0.05) is 0 Å². The summed E-state index contributed by atoms with van der Waals surface area (Å²) in [4.78, 5) is 23.2. The van der Waals surface area contributed by atoms with Crippen LogP contribution in [0, 0.1) is 0 Å². The molecule has 136 valence electrons. The van der Waals surface area contributed by atoms with E-state index in [0.717, 1.165) is 5.56 Å². The molecule has 1 aliphatic heterocycles. The van der Waals surface area contributed by atoms with E-state index in [1.165, 1.54) is 0 Å². The Morgan fingerprint density at radius 3 is 2.24 bits per heavy atom. The van der Waals surface area contributed by atoms with Crippen LogP contribution in [0.1, 0.15) is 39.7 Å². The molecule has 1 fully saturated rings. The molecule has 1 saturated heterocycles. The summed E-state index contributed by atoms with van der Waals surface area (Å²) in [6.07, 6.45) is -1.05. The second-order valence-electron chi connectivity index (χ2n) is 7.04. The Morgan fingerprint density at radius 1 is 1.16 bits per heavy atom. The van der Waals surface area contributed by atoms with Crippen LogP contribution in [0.15, 0.2) is 30.3 Å². The number of hydrogen-bond acceptors (Lipinski definition) is 5. The summed E-state index contributed by atoms with van der Waals surface area (Å²) in [6.45, 7) is 7.53. The number of benzene rings is 1. The highest BCUT2D eigenvalue weighted by Gasteiger charge is 2.54. The van der Waals surface area contributed by atoms with Gasteiger partial charge in [-0.2, -0.15) is 0 Å². The highest BCUT2D eigenvalue weighted by molar-refractivity contribution is 6.48. The Hall–Kier alpha value is -2.06. The topological polar surface area (TPSA) is 94.1 Å². The van der Waals surface area contributed by atoms with Gasteiger partial charge in [0.25, 0.3) is 0 Å². The van der Waals surface area contributed by atoms with Crippen LogP contribution in [0.2, 0.25) is 0 Å². The van der Waals surface area contributed by atoms with E-state index < -0.39 is 36.3 Å². The number of rotatable bonds is 6. The zero-order valence-corrected chi connectivity index (χ0v) is 14.9. The average Bonchev–Trinajstić information content (AvgIpc) is 2.73. The Morgan fingerprint density at radius 2 is 1.72 bits per heavy atom. The van der Waals surface area contributed by atoms with Gasteiger partial charge in [-0.1, -0.05) is 30.3 Å². The van der Waals surface area contributed by atoms with Gasteiger partial charge in [0.1, 0.15) is 6.61 Å². The van der Waals surface area contributed by atoms with Crippen LogP contribution < -0.4 is 5.32 Å². The van der Waals surface area contributed by atoms with Crippen molar-refractivity contribution in [1.82, 2.24) is 5.32 Å². The normalized spacial score (nSPS) is 19.3. The lowest BCUT2D eigenvalue weighted by atomic mass is 9.76. The summed E-state index contributed by atoms with van der Waals surface area (Å²) in [6, 6.07) is 9.21. The van der Waals surface area contributed by atoms with E-state index in [9.17, 15) is 9.59 Å². The maximum absolute atomic E-state index is 12.1. The fourth-order valence-corrected chi connectivity index (χ4v) is 2.37. The maximum Gasteiger partial charge on any atom is 0.482 e. The van der Waals surface area contributed by atoms with Crippen molar-refractivity contribution in [2.24, 2.45) is 0 Å². The Balaban J connectivity index is 1.98. The minimum Gasteiger partial charge on any atom is -0.481 e. The summed E-state index contributed by atoms with van der Waals surface area (Å²) in [5.41, 5.74) is -0.406. The van der Waals surface area contributed by atoms with Crippen molar-refractivity contribution in [3.05, 3.63) is 35.9 Å². The number of carboxylic acid groups (broad SMARTS) is 1. The molecule has 1 aromatic carbocycles. The summed E-state index contributed by atoms with van der Waals surface area (Å²) < 4.78 is 16.8. The van der Waals surface area contributed by atoms with Gasteiger partial charge in [0.15, 0.2) is 0 Å². The van der Waals surface area contributed by atoms with Gasteiger partial charge in [-0.15, -0.1) is 0 Å². The molecule has 1 unspecified atom stereocenters. The molecule has 7 nitrogen and oxygen atoms in total. The van der Waals surface area contributed by atoms with Crippen LogP contribution >= 0.6 is 0 Å². The molecule has 8 heteroatoms.